The van der Waals surface area contributed by atoms with E-state index in [1.54, 1.807) is 7.05 Å². The van der Waals surface area contributed by atoms with Crippen LogP contribution in [0.5, 0.6) is 0 Å². The Morgan fingerprint density at radius 3 is 2.62 bits per heavy atom. The summed E-state index contributed by atoms with van der Waals surface area (Å²) in [6.07, 6.45) is 3.67. The maximum atomic E-state index is 11.0. The van der Waals surface area contributed by atoms with Crippen LogP contribution in [-0.4, -0.2) is 42.5 Å². The van der Waals surface area contributed by atoms with Gasteiger partial charge in [0.05, 0.1) is 4.99 Å². The zero-order valence-electron chi connectivity index (χ0n) is 9.87. The molecule has 0 spiro atoms. The number of rotatable bonds is 5. The van der Waals surface area contributed by atoms with Gasteiger partial charge in [0.25, 0.3) is 0 Å². The molecule has 0 saturated carbocycles. The van der Waals surface area contributed by atoms with Crippen molar-refractivity contribution in [2.24, 2.45) is 11.7 Å². The van der Waals surface area contributed by atoms with Gasteiger partial charge in [-0.05, 0) is 38.9 Å². The van der Waals surface area contributed by atoms with E-state index in [4.69, 9.17) is 18.0 Å². The Morgan fingerprint density at radius 1 is 1.50 bits per heavy atom. The number of nitrogens with zero attached hydrogens (tertiary/aromatic N) is 1. The van der Waals surface area contributed by atoms with Crippen LogP contribution in [0.1, 0.15) is 25.7 Å². The van der Waals surface area contributed by atoms with Gasteiger partial charge in [-0.25, -0.2) is 0 Å². The standard InChI is InChI=1S/C11H21N3OS/c1-13-10(15)3-2-6-14-7-4-9(5-8-14)11(12)16/h9H,2-8H2,1H3,(H2,12,16)(H,13,15). The number of carbonyl (C=O) groups excluding carboxylic acids is 1. The third-order valence-corrected chi connectivity index (χ3v) is 3.48. The summed E-state index contributed by atoms with van der Waals surface area (Å²) in [5.74, 6) is 0.545. The summed E-state index contributed by atoms with van der Waals surface area (Å²) in [4.78, 5) is 14.1. The number of thiocarbonyl (C=S) groups is 1. The van der Waals surface area contributed by atoms with E-state index in [1.165, 1.54) is 0 Å². The molecule has 0 aromatic carbocycles. The summed E-state index contributed by atoms with van der Waals surface area (Å²) in [5.41, 5.74) is 5.63. The number of nitrogens with one attached hydrogen (secondary N) is 1. The lowest BCUT2D eigenvalue weighted by Crippen LogP contribution is -2.38. The SMILES string of the molecule is CNC(=O)CCCN1CCC(C(N)=S)CC1. The maximum Gasteiger partial charge on any atom is 0.219 e. The van der Waals surface area contributed by atoms with Crippen LogP contribution in [0.25, 0.3) is 0 Å². The molecule has 0 atom stereocenters. The molecule has 1 fully saturated rings. The summed E-state index contributed by atoms with van der Waals surface area (Å²) < 4.78 is 0. The van der Waals surface area contributed by atoms with Gasteiger partial charge in [0, 0.05) is 19.4 Å². The van der Waals surface area contributed by atoms with Gasteiger partial charge in [-0.1, -0.05) is 12.2 Å². The molecule has 4 nitrogen and oxygen atoms in total. The van der Waals surface area contributed by atoms with Crippen LogP contribution in [0.2, 0.25) is 0 Å². The zero-order valence-corrected chi connectivity index (χ0v) is 10.7. The van der Waals surface area contributed by atoms with Crippen molar-refractivity contribution in [1.82, 2.24) is 10.2 Å². The van der Waals surface area contributed by atoms with Gasteiger partial charge in [0.1, 0.15) is 0 Å². The van der Waals surface area contributed by atoms with E-state index in [0.29, 0.717) is 17.3 Å². The number of likely N-dealkylation sites (tertiary alicyclic amines) is 1. The molecule has 1 aliphatic heterocycles. The molecule has 5 heteroatoms. The average molecular weight is 243 g/mol. The molecule has 1 rings (SSSR count). The highest BCUT2D eigenvalue weighted by atomic mass is 32.1. The van der Waals surface area contributed by atoms with Crippen LogP contribution in [0.15, 0.2) is 0 Å². The van der Waals surface area contributed by atoms with E-state index >= 15 is 0 Å². The molecule has 1 aliphatic rings. The van der Waals surface area contributed by atoms with Gasteiger partial charge in [-0.15, -0.1) is 0 Å². The minimum atomic E-state index is 0.123. The molecule has 92 valence electrons. The first-order valence-electron chi connectivity index (χ1n) is 5.85. The predicted octanol–water partition coefficient (Wildman–Crippen LogP) is 0.511. The first kappa shape index (κ1) is 13.4. The highest BCUT2D eigenvalue weighted by Crippen LogP contribution is 2.17. The van der Waals surface area contributed by atoms with Crippen molar-refractivity contribution in [3.8, 4) is 0 Å². The van der Waals surface area contributed by atoms with E-state index in [0.717, 1.165) is 38.9 Å². The topological polar surface area (TPSA) is 58.4 Å². The molecule has 0 aliphatic carbocycles. The Kier molecular flexibility index (Phi) is 5.69. The summed E-state index contributed by atoms with van der Waals surface area (Å²) >= 11 is 5.00. The summed E-state index contributed by atoms with van der Waals surface area (Å²) in [7, 11) is 1.68. The predicted molar refractivity (Wildman–Crippen MR) is 69.3 cm³/mol. The number of nitrogens with two attached hydrogens (primary N) is 1. The number of amides is 1. The van der Waals surface area contributed by atoms with Crippen molar-refractivity contribution in [3.05, 3.63) is 0 Å². The second kappa shape index (κ2) is 6.81. The average Bonchev–Trinajstić information content (AvgIpc) is 2.29. The van der Waals surface area contributed by atoms with Crippen LogP contribution in [0, 0.1) is 5.92 Å². The largest absolute Gasteiger partial charge is 0.393 e. The normalized spacial score (nSPS) is 18.3. The van der Waals surface area contributed by atoms with Crippen LogP contribution in [-0.2, 0) is 4.79 Å². The van der Waals surface area contributed by atoms with Crippen LogP contribution >= 0.6 is 12.2 Å². The quantitative estimate of drug-likeness (QED) is 0.691. The van der Waals surface area contributed by atoms with Crippen molar-refractivity contribution in [3.63, 3.8) is 0 Å². The van der Waals surface area contributed by atoms with Crippen LogP contribution in [0.4, 0.5) is 0 Å². The third-order valence-electron chi connectivity index (χ3n) is 3.15. The van der Waals surface area contributed by atoms with E-state index < -0.39 is 0 Å². The van der Waals surface area contributed by atoms with Crippen LogP contribution in [0.3, 0.4) is 0 Å². The Balaban J connectivity index is 2.13. The van der Waals surface area contributed by atoms with E-state index in [9.17, 15) is 4.79 Å². The minimum Gasteiger partial charge on any atom is -0.393 e. The van der Waals surface area contributed by atoms with Gasteiger partial charge < -0.3 is 16.0 Å². The van der Waals surface area contributed by atoms with Crippen molar-refractivity contribution >= 4 is 23.1 Å². The van der Waals surface area contributed by atoms with Gasteiger partial charge in [-0.2, -0.15) is 0 Å². The number of carbonyl (C=O) groups is 1. The second-order valence-corrected chi connectivity index (χ2v) is 4.77. The van der Waals surface area contributed by atoms with Crippen molar-refractivity contribution in [2.75, 3.05) is 26.7 Å². The van der Waals surface area contributed by atoms with Gasteiger partial charge in [-0.3, -0.25) is 4.79 Å². The number of hydrogen-bond donors (Lipinski definition) is 2. The smallest absolute Gasteiger partial charge is 0.219 e. The third kappa shape index (κ3) is 4.45. The zero-order chi connectivity index (χ0) is 12.0. The lowest BCUT2D eigenvalue weighted by atomic mass is 9.97. The lowest BCUT2D eigenvalue weighted by Gasteiger charge is -2.31. The Hall–Kier alpha value is -0.680. The van der Waals surface area contributed by atoms with Crippen molar-refractivity contribution in [1.29, 1.82) is 0 Å². The minimum absolute atomic E-state index is 0.123. The molecule has 0 aromatic rings. The lowest BCUT2D eigenvalue weighted by molar-refractivity contribution is -0.120. The first-order chi connectivity index (χ1) is 7.63. The van der Waals surface area contributed by atoms with Gasteiger partial charge >= 0.3 is 0 Å². The highest BCUT2D eigenvalue weighted by molar-refractivity contribution is 7.80. The van der Waals surface area contributed by atoms with Crippen molar-refractivity contribution in [2.45, 2.75) is 25.7 Å². The number of piperidine rings is 1. The van der Waals surface area contributed by atoms with E-state index in [1.807, 2.05) is 0 Å². The van der Waals surface area contributed by atoms with Crippen LogP contribution < -0.4 is 11.1 Å². The Bertz CT molecular complexity index is 250. The molecule has 0 bridgehead atoms. The van der Waals surface area contributed by atoms with E-state index in [-0.39, 0.29) is 5.91 Å². The molecule has 3 N–H and O–H groups in total. The van der Waals surface area contributed by atoms with Gasteiger partial charge in [0.2, 0.25) is 5.91 Å². The molecule has 0 radical (unpaired) electrons. The monoisotopic (exact) mass is 243 g/mol. The van der Waals surface area contributed by atoms with Crippen molar-refractivity contribution < 1.29 is 4.79 Å². The first-order valence-corrected chi connectivity index (χ1v) is 6.26. The Labute approximate surface area is 103 Å². The molecule has 1 saturated heterocycles. The summed E-state index contributed by atoms with van der Waals surface area (Å²) in [6, 6.07) is 0. The molecule has 0 aromatic heterocycles. The van der Waals surface area contributed by atoms with Gasteiger partial charge in [0.15, 0.2) is 0 Å². The fraction of sp³-hybridized carbons (Fsp3) is 0.818. The summed E-state index contributed by atoms with van der Waals surface area (Å²) in [6.45, 7) is 3.10. The Morgan fingerprint density at radius 2 is 2.12 bits per heavy atom. The maximum absolute atomic E-state index is 11.0. The molecule has 16 heavy (non-hydrogen) atoms. The second-order valence-electron chi connectivity index (χ2n) is 4.30. The molecule has 1 amide bonds. The fourth-order valence-electron chi connectivity index (χ4n) is 2.03. The van der Waals surface area contributed by atoms with E-state index in [2.05, 4.69) is 10.2 Å². The number of hydrogen-bond acceptors (Lipinski definition) is 3. The molecule has 1 heterocycles. The fourth-order valence-corrected chi connectivity index (χ4v) is 2.27. The molecule has 0 unspecified atom stereocenters. The molecular formula is C11H21N3OS. The highest BCUT2D eigenvalue weighted by Gasteiger charge is 2.20. The molecular weight excluding hydrogens is 222 g/mol. The summed E-state index contributed by atoms with van der Waals surface area (Å²) in [5, 5.41) is 2.63.